The van der Waals surface area contributed by atoms with Crippen molar-refractivity contribution in [1.82, 2.24) is 14.8 Å². The van der Waals surface area contributed by atoms with Gasteiger partial charge in [-0.2, -0.15) is 5.10 Å². The van der Waals surface area contributed by atoms with Gasteiger partial charge in [0.2, 0.25) is 0 Å². The van der Waals surface area contributed by atoms with Crippen molar-refractivity contribution in [3.63, 3.8) is 0 Å². The Hall–Kier alpha value is -2.69. The van der Waals surface area contributed by atoms with Crippen molar-refractivity contribution in [2.75, 3.05) is 5.32 Å². The Morgan fingerprint density at radius 1 is 1.32 bits per heavy atom. The lowest BCUT2D eigenvalue weighted by Gasteiger charge is -2.15. The average molecular weight is 334 g/mol. The van der Waals surface area contributed by atoms with Gasteiger partial charge >= 0.3 is 0 Å². The summed E-state index contributed by atoms with van der Waals surface area (Å²) in [4.78, 5) is 17.3. The van der Waals surface area contributed by atoms with Gasteiger partial charge in [0.1, 0.15) is 0 Å². The fraction of sp³-hybridized carbons (Fsp3) is 0.350. The number of carbonyl (C=O) groups excluding carboxylic acids is 1. The standard InChI is InChI=1S/C20H22N4O/c1-3-13(2)24-19(14-9-10-14)16(12-22-24)20(25)23-18-8-4-7-17-15(18)6-5-11-21-17/h4-8,11-14H,3,9-10H2,1-2H3,(H,23,25). The number of carbonyl (C=O) groups is 1. The van der Waals surface area contributed by atoms with Crippen LogP contribution in [-0.4, -0.2) is 20.7 Å². The molecule has 4 rings (SSSR count). The normalized spacial score (nSPS) is 15.3. The van der Waals surface area contributed by atoms with Gasteiger partial charge in [-0.1, -0.05) is 13.0 Å². The Bertz CT molecular complexity index is 921. The summed E-state index contributed by atoms with van der Waals surface area (Å²) in [6, 6.07) is 9.94. The molecule has 1 N–H and O–H groups in total. The number of nitrogens with one attached hydrogen (secondary N) is 1. The lowest BCUT2D eigenvalue weighted by atomic mass is 10.1. The molecule has 25 heavy (non-hydrogen) atoms. The highest BCUT2D eigenvalue weighted by atomic mass is 16.1. The van der Waals surface area contributed by atoms with Crippen LogP contribution in [0.3, 0.4) is 0 Å². The summed E-state index contributed by atoms with van der Waals surface area (Å²) < 4.78 is 2.04. The second-order valence-corrected chi connectivity index (χ2v) is 6.75. The molecule has 1 amide bonds. The number of hydrogen-bond donors (Lipinski definition) is 1. The second kappa shape index (κ2) is 6.31. The van der Waals surface area contributed by atoms with Crippen molar-refractivity contribution >= 4 is 22.5 Å². The molecular formula is C20H22N4O. The number of rotatable bonds is 5. The summed E-state index contributed by atoms with van der Waals surface area (Å²) in [5, 5.41) is 8.52. The highest BCUT2D eigenvalue weighted by Gasteiger charge is 2.33. The Labute approximate surface area is 147 Å². The molecule has 1 fully saturated rings. The van der Waals surface area contributed by atoms with Crippen LogP contribution in [0.15, 0.2) is 42.7 Å². The molecule has 2 aromatic heterocycles. The van der Waals surface area contributed by atoms with Gasteiger partial charge < -0.3 is 5.32 Å². The van der Waals surface area contributed by atoms with Crippen LogP contribution in [0.1, 0.15) is 61.1 Å². The largest absolute Gasteiger partial charge is 0.321 e. The number of nitrogens with zero attached hydrogens (tertiary/aromatic N) is 3. The molecule has 1 unspecified atom stereocenters. The van der Waals surface area contributed by atoms with E-state index >= 15 is 0 Å². The van der Waals surface area contributed by atoms with Crippen molar-refractivity contribution < 1.29 is 4.79 Å². The van der Waals surface area contributed by atoms with Gasteiger partial charge in [-0.3, -0.25) is 14.5 Å². The molecule has 1 saturated carbocycles. The zero-order valence-corrected chi connectivity index (χ0v) is 14.6. The Balaban J connectivity index is 1.68. The number of pyridine rings is 1. The molecule has 1 atom stereocenters. The molecule has 5 nitrogen and oxygen atoms in total. The van der Waals surface area contributed by atoms with E-state index in [0.717, 1.165) is 41.5 Å². The minimum atomic E-state index is -0.0900. The molecule has 0 bridgehead atoms. The highest BCUT2D eigenvalue weighted by Crippen LogP contribution is 2.43. The third-order valence-corrected chi connectivity index (χ3v) is 4.94. The predicted octanol–water partition coefficient (Wildman–Crippen LogP) is 4.53. The molecule has 3 aromatic rings. The zero-order valence-electron chi connectivity index (χ0n) is 14.6. The van der Waals surface area contributed by atoms with Crippen LogP contribution in [0.2, 0.25) is 0 Å². The van der Waals surface area contributed by atoms with E-state index in [1.54, 1.807) is 12.4 Å². The summed E-state index contributed by atoms with van der Waals surface area (Å²) in [5.74, 6) is 0.374. The SMILES string of the molecule is CCC(C)n1ncc(C(=O)Nc2cccc3ncccc23)c1C1CC1. The highest BCUT2D eigenvalue weighted by molar-refractivity contribution is 6.09. The summed E-state index contributed by atoms with van der Waals surface area (Å²) in [6.07, 6.45) is 6.76. The van der Waals surface area contributed by atoms with E-state index in [4.69, 9.17) is 0 Å². The summed E-state index contributed by atoms with van der Waals surface area (Å²) in [5.41, 5.74) is 3.44. The maximum absolute atomic E-state index is 13.0. The first-order valence-corrected chi connectivity index (χ1v) is 8.91. The van der Waals surface area contributed by atoms with E-state index in [-0.39, 0.29) is 5.91 Å². The molecule has 1 aliphatic rings. The molecular weight excluding hydrogens is 312 g/mol. The fourth-order valence-electron chi connectivity index (χ4n) is 3.24. The van der Waals surface area contributed by atoms with Gasteiger partial charge in [0, 0.05) is 23.5 Å². The van der Waals surface area contributed by atoms with Gasteiger partial charge in [0.15, 0.2) is 0 Å². The fourth-order valence-corrected chi connectivity index (χ4v) is 3.24. The van der Waals surface area contributed by atoms with Crippen molar-refractivity contribution in [2.45, 2.75) is 45.1 Å². The van der Waals surface area contributed by atoms with Gasteiger partial charge in [-0.15, -0.1) is 0 Å². The number of fused-ring (bicyclic) bond motifs is 1. The molecule has 1 aliphatic carbocycles. The molecule has 0 spiro atoms. The van der Waals surface area contributed by atoms with E-state index in [2.05, 4.69) is 29.2 Å². The van der Waals surface area contributed by atoms with E-state index in [1.807, 2.05) is 35.0 Å². The van der Waals surface area contributed by atoms with Gasteiger partial charge in [0.25, 0.3) is 5.91 Å². The van der Waals surface area contributed by atoms with Crippen LogP contribution in [0.5, 0.6) is 0 Å². The van der Waals surface area contributed by atoms with E-state index in [1.165, 1.54) is 0 Å². The summed E-state index contributed by atoms with van der Waals surface area (Å²) in [7, 11) is 0. The lowest BCUT2D eigenvalue weighted by molar-refractivity contribution is 0.102. The molecule has 0 aliphatic heterocycles. The molecule has 0 radical (unpaired) electrons. The molecule has 1 aromatic carbocycles. The first-order chi connectivity index (χ1) is 12.2. The van der Waals surface area contributed by atoms with Crippen molar-refractivity contribution in [1.29, 1.82) is 0 Å². The van der Waals surface area contributed by atoms with Gasteiger partial charge in [-0.05, 0) is 50.5 Å². The lowest BCUT2D eigenvalue weighted by Crippen LogP contribution is -2.16. The first kappa shape index (κ1) is 15.8. The second-order valence-electron chi connectivity index (χ2n) is 6.75. The van der Waals surface area contributed by atoms with Crippen molar-refractivity contribution in [3.05, 3.63) is 54.0 Å². The third kappa shape index (κ3) is 2.90. The van der Waals surface area contributed by atoms with E-state index in [9.17, 15) is 4.79 Å². The molecule has 5 heteroatoms. The van der Waals surface area contributed by atoms with Crippen LogP contribution >= 0.6 is 0 Å². The quantitative estimate of drug-likeness (QED) is 0.745. The number of aromatic nitrogens is 3. The average Bonchev–Trinajstić information content (AvgIpc) is 3.39. The maximum atomic E-state index is 13.0. The summed E-state index contributed by atoms with van der Waals surface area (Å²) in [6.45, 7) is 4.29. The molecule has 0 saturated heterocycles. The minimum Gasteiger partial charge on any atom is -0.321 e. The van der Waals surface area contributed by atoms with Crippen LogP contribution in [-0.2, 0) is 0 Å². The maximum Gasteiger partial charge on any atom is 0.259 e. The van der Waals surface area contributed by atoms with Crippen LogP contribution in [0, 0.1) is 0 Å². The molecule has 128 valence electrons. The smallest absolute Gasteiger partial charge is 0.259 e. The van der Waals surface area contributed by atoms with E-state index in [0.29, 0.717) is 17.5 Å². The summed E-state index contributed by atoms with van der Waals surface area (Å²) >= 11 is 0. The van der Waals surface area contributed by atoms with Crippen molar-refractivity contribution in [2.24, 2.45) is 0 Å². The first-order valence-electron chi connectivity index (χ1n) is 8.91. The van der Waals surface area contributed by atoms with Crippen LogP contribution in [0.25, 0.3) is 10.9 Å². The van der Waals surface area contributed by atoms with E-state index < -0.39 is 0 Å². The van der Waals surface area contributed by atoms with Crippen molar-refractivity contribution in [3.8, 4) is 0 Å². The number of anilines is 1. The van der Waals surface area contributed by atoms with Crippen LogP contribution < -0.4 is 5.32 Å². The number of benzene rings is 1. The number of hydrogen-bond acceptors (Lipinski definition) is 3. The van der Waals surface area contributed by atoms with Gasteiger partial charge in [0.05, 0.1) is 28.7 Å². The Morgan fingerprint density at radius 2 is 2.16 bits per heavy atom. The van der Waals surface area contributed by atoms with Gasteiger partial charge in [-0.25, -0.2) is 0 Å². The third-order valence-electron chi connectivity index (χ3n) is 4.94. The zero-order chi connectivity index (χ0) is 17.4. The Morgan fingerprint density at radius 3 is 2.92 bits per heavy atom. The van der Waals surface area contributed by atoms with Crippen LogP contribution in [0.4, 0.5) is 5.69 Å². The molecule has 2 heterocycles. The Kier molecular flexibility index (Phi) is 3.99. The topological polar surface area (TPSA) is 59.8 Å². The minimum absolute atomic E-state index is 0.0900. The predicted molar refractivity (Wildman–Crippen MR) is 98.9 cm³/mol. The monoisotopic (exact) mass is 334 g/mol. The number of amides is 1.